The van der Waals surface area contributed by atoms with E-state index in [2.05, 4.69) is 10.6 Å². The van der Waals surface area contributed by atoms with Crippen LogP contribution in [0, 0.1) is 0 Å². The molecule has 1 aromatic carbocycles. The van der Waals surface area contributed by atoms with Gasteiger partial charge in [-0.25, -0.2) is 0 Å². The van der Waals surface area contributed by atoms with Crippen LogP contribution in [0.5, 0.6) is 0 Å². The lowest BCUT2D eigenvalue weighted by molar-refractivity contribution is 0.101. The molecule has 0 unspecified atom stereocenters. The Labute approximate surface area is 78.2 Å². The second-order valence-corrected chi connectivity index (χ2v) is 2.86. The molecule has 13 heavy (non-hydrogen) atoms. The Kier molecular flexibility index (Phi) is 2.90. The third-order valence-corrected chi connectivity index (χ3v) is 1.92. The third-order valence-electron chi connectivity index (χ3n) is 1.92. The van der Waals surface area contributed by atoms with E-state index in [1.54, 1.807) is 6.92 Å². The van der Waals surface area contributed by atoms with E-state index in [0.29, 0.717) is 0 Å². The first-order valence-electron chi connectivity index (χ1n) is 4.19. The fraction of sp³-hybridized carbons (Fsp3) is 0.300. The predicted molar refractivity (Wildman–Crippen MR) is 55.5 cm³/mol. The minimum atomic E-state index is 0.0774. The topological polar surface area (TPSA) is 41.1 Å². The molecule has 0 saturated heterocycles. The van der Waals surface area contributed by atoms with Gasteiger partial charge in [-0.15, -0.1) is 0 Å². The first kappa shape index (κ1) is 9.58. The van der Waals surface area contributed by atoms with E-state index >= 15 is 0 Å². The monoisotopic (exact) mass is 178 g/mol. The van der Waals surface area contributed by atoms with Gasteiger partial charge in [-0.05, 0) is 25.1 Å². The number of benzene rings is 1. The van der Waals surface area contributed by atoms with Gasteiger partial charge in [-0.2, -0.15) is 0 Å². The molecule has 0 radical (unpaired) electrons. The number of carbonyl (C=O) groups excluding carboxylic acids is 1. The quantitative estimate of drug-likeness (QED) is 0.695. The van der Waals surface area contributed by atoms with Gasteiger partial charge < -0.3 is 10.6 Å². The number of Topliss-reactive ketones (excluding diaryl/α,β-unsaturated/α-hetero) is 1. The summed E-state index contributed by atoms with van der Waals surface area (Å²) < 4.78 is 0. The number of hydrogen-bond donors (Lipinski definition) is 2. The summed E-state index contributed by atoms with van der Waals surface area (Å²) >= 11 is 0. The van der Waals surface area contributed by atoms with Gasteiger partial charge in [0.15, 0.2) is 5.78 Å². The summed E-state index contributed by atoms with van der Waals surface area (Å²) in [6.07, 6.45) is 0. The number of anilines is 2. The average Bonchev–Trinajstić information content (AvgIpc) is 2.16. The third kappa shape index (κ3) is 2.21. The molecule has 0 aromatic heterocycles. The molecule has 70 valence electrons. The van der Waals surface area contributed by atoms with Crippen molar-refractivity contribution in [1.29, 1.82) is 0 Å². The molecule has 1 aromatic rings. The van der Waals surface area contributed by atoms with Crippen molar-refractivity contribution in [2.75, 3.05) is 24.7 Å². The molecule has 0 bridgehead atoms. The average molecular weight is 178 g/mol. The van der Waals surface area contributed by atoms with Crippen LogP contribution in [0.1, 0.15) is 17.3 Å². The maximum absolute atomic E-state index is 11.1. The van der Waals surface area contributed by atoms with E-state index in [4.69, 9.17) is 0 Å². The second kappa shape index (κ2) is 3.94. The van der Waals surface area contributed by atoms with Gasteiger partial charge >= 0.3 is 0 Å². The van der Waals surface area contributed by atoms with Crippen molar-refractivity contribution < 1.29 is 4.79 Å². The highest BCUT2D eigenvalue weighted by atomic mass is 16.1. The van der Waals surface area contributed by atoms with Crippen LogP contribution in [-0.2, 0) is 0 Å². The molecule has 0 amide bonds. The molecular formula is C10H14N2O. The minimum Gasteiger partial charge on any atom is -0.388 e. The van der Waals surface area contributed by atoms with Crippen molar-refractivity contribution in [3.8, 4) is 0 Å². The predicted octanol–water partition coefficient (Wildman–Crippen LogP) is 1.97. The molecule has 3 heteroatoms. The number of carbonyl (C=O) groups is 1. The lowest BCUT2D eigenvalue weighted by Crippen LogP contribution is -1.98. The van der Waals surface area contributed by atoms with Crippen LogP contribution < -0.4 is 10.6 Å². The number of rotatable bonds is 3. The second-order valence-electron chi connectivity index (χ2n) is 2.86. The zero-order valence-electron chi connectivity index (χ0n) is 8.14. The van der Waals surface area contributed by atoms with Crippen molar-refractivity contribution in [2.24, 2.45) is 0 Å². The normalized spacial score (nSPS) is 9.46. The standard InChI is InChI=1S/C10H14N2O/c1-7(13)8-4-9(11-2)6-10(5-8)12-3/h4-6,11-12H,1-3H3. The zero-order valence-corrected chi connectivity index (χ0v) is 8.14. The molecule has 0 saturated carbocycles. The Bertz CT molecular complexity index is 298. The zero-order chi connectivity index (χ0) is 9.84. The molecular weight excluding hydrogens is 164 g/mol. The van der Waals surface area contributed by atoms with Gasteiger partial charge in [-0.3, -0.25) is 4.79 Å². The Morgan fingerprint density at radius 2 is 1.54 bits per heavy atom. The Balaban J connectivity index is 3.14. The van der Waals surface area contributed by atoms with Gasteiger partial charge in [0, 0.05) is 31.0 Å². The van der Waals surface area contributed by atoms with Crippen LogP contribution in [0.25, 0.3) is 0 Å². The lowest BCUT2D eigenvalue weighted by Gasteiger charge is -2.06. The Morgan fingerprint density at radius 1 is 1.08 bits per heavy atom. The van der Waals surface area contributed by atoms with Gasteiger partial charge in [0.1, 0.15) is 0 Å². The van der Waals surface area contributed by atoms with E-state index < -0.39 is 0 Å². The smallest absolute Gasteiger partial charge is 0.159 e. The van der Waals surface area contributed by atoms with Crippen molar-refractivity contribution in [3.63, 3.8) is 0 Å². The van der Waals surface area contributed by atoms with E-state index in [1.165, 1.54) is 0 Å². The molecule has 0 aliphatic carbocycles. The highest BCUT2D eigenvalue weighted by molar-refractivity contribution is 5.96. The number of hydrogen-bond acceptors (Lipinski definition) is 3. The largest absolute Gasteiger partial charge is 0.388 e. The number of ketones is 1. The maximum Gasteiger partial charge on any atom is 0.159 e. The fourth-order valence-electron chi connectivity index (χ4n) is 1.12. The van der Waals surface area contributed by atoms with Crippen LogP contribution in [0.3, 0.4) is 0 Å². The van der Waals surface area contributed by atoms with E-state index in [9.17, 15) is 4.79 Å². The molecule has 0 spiro atoms. The van der Waals surface area contributed by atoms with E-state index in [0.717, 1.165) is 16.9 Å². The van der Waals surface area contributed by atoms with Crippen molar-refractivity contribution in [2.45, 2.75) is 6.92 Å². The van der Waals surface area contributed by atoms with Crippen LogP contribution in [0.2, 0.25) is 0 Å². The summed E-state index contributed by atoms with van der Waals surface area (Å²) in [6, 6.07) is 5.62. The summed E-state index contributed by atoms with van der Waals surface area (Å²) in [6.45, 7) is 1.56. The highest BCUT2D eigenvalue weighted by Crippen LogP contribution is 2.18. The van der Waals surface area contributed by atoms with E-state index in [-0.39, 0.29) is 5.78 Å². The van der Waals surface area contributed by atoms with Crippen molar-refractivity contribution in [3.05, 3.63) is 23.8 Å². The van der Waals surface area contributed by atoms with Crippen molar-refractivity contribution in [1.82, 2.24) is 0 Å². The van der Waals surface area contributed by atoms with Gasteiger partial charge in [0.25, 0.3) is 0 Å². The van der Waals surface area contributed by atoms with E-state index in [1.807, 2.05) is 32.3 Å². The molecule has 0 fully saturated rings. The molecule has 1 rings (SSSR count). The summed E-state index contributed by atoms with van der Waals surface area (Å²) in [5.41, 5.74) is 2.60. The maximum atomic E-state index is 11.1. The minimum absolute atomic E-state index is 0.0774. The molecule has 0 heterocycles. The Hall–Kier alpha value is -1.51. The Morgan fingerprint density at radius 3 is 1.85 bits per heavy atom. The first-order chi connectivity index (χ1) is 6.17. The summed E-state index contributed by atoms with van der Waals surface area (Å²) in [4.78, 5) is 11.1. The van der Waals surface area contributed by atoms with Crippen LogP contribution in [0.15, 0.2) is 18.2 Å². The fourth-order valence-corrected chi connectivity index (χ4v) is 1.12. The molecule has 0 aliphatic heterocycles. The number of nitrogens with one attached hydrogen (secondary N) is 2. The lowest BCUT2D eigenvalue weighted by atomic mass is 10.1. The van der Waals surface area contributed by atoms with Crippen LogP contribution in [0.4, 0.5) is 11.4 Å². The summed E-state index contributed by atoms with van der Waals surface area (Å²) in [5, 5.41) is 6.01. The highest BCUT2D eigenvalue weighted by Gasteiger charge is 2.02. The molecule has 2 N–H and O–H groups in total. The van der Waals surface area contributed by atoms with Gasteiger partial charge in [0.05, 0.1) is 0 Å². The van der Waals surface area contributed by atoms with Crippen molar-refractivity contribution >= 4 is 17.2 Å². The van der Waals surface area contributed by atoms with Crippen LogP contribution >= 0.6 is 0 Å². The molecule has 3 nitrogen and oxygen atoms in total. The van der Waals surface area contributed by atoms with Gasteiger partial charge in [-0.1, -0.05) is 0 Å². The first-order valence-corrected chi connectivity index (χ1v) is 4.19. The summed E-state index contributed by atoms with van der Waals surface area (Å²) in [7, 11) is 3.66. The SMILES string of the molecule is CNc1cc(NC)cc(C(C)=O)c1. The molecule has 0 atom stereocenters. The van der Waals surface area contributed by atoms with Crippen LogP contribution in [-0.4, -0.2) is 19.9 Å². The summed E-state index contributed by atoms with van der Waals surface area (Å²) in [5.74, 6) is 0.0774. The van der Waals surface area contributed by atoms with Gasteiger partial charge in [0.2, 0.25) is 0 Å². The molecule has 0 aliphatic rings.